The first kappa shape index (κ1) is 23.8. The van der Waals surface area contributed by atoms with Crippen molar-refractivity contribution >= 4 is 24.2 Å². The fourth-order valence-corrected chi connectivity index (χ4v) is 3.01. The van der Waals surface area contributed by atoms with Gasteiger partial charge < -0.3 is 28.4 Å². The van der Waals surface area contributed by atoms with Gasteiger partial charge in [0, 0.05) is 12.8 Å². The van der Waals surface area contributed by atoms with Gasteiger partial charge in [0.05, 0.1) is 0 Å². The zero-order chi connectivity index (χ0) is 21.6. The van der Waals surface area contributed by atoms with E-state index in [0.29, 0.717) is 12.8 Å². The van der Waals surface area contributed by atoms with Crippen LogP contribution in [0.3, 0.4) is 0 Å². The van der Waals surface area contributed by atoms with Gasteiger partial charge in [-0.1, -0.05) is 38.5 Å². The molecule has 0 aromatic heterocycles. The Morgan fingerprint density at radius 2 is 1.03 bits per heavy atom. The molecule has 2 atom stereocenters. The van der Waals surface area contributed by atoms with E-state index in [1.165, 1.54) is 0 Å². The third-order valence-electron chi connectivity index (χ3n) is 4.67. The molecule has 2 unspecified atom stereocenters. The second kappa shape index (κ2) is 13.7. The van der Waals surface area contributed by atoms with Crippen LogP contribution in [0.25, 0.3) is 0 Å². The van der Waals surface area contributed by atoms with Crippen LogP contribution in [0.5, 0.6) is 0 Å². The van der Waals surface area contributed by atoms with Gasteiger partial charge in [-0.3, -0.25) is 9.59 Å². The Morgan fingerprint density at radius 1 is 0.667 bits per heavy atom. The third-order valence-corrected chi connectivity index (χ3v) is 4.67. The van der Waals surface area contributed by atoms with Crippen molar-refractivity contribution in [3.05, 3.63) is 0 Å². The first-order valence-corrected chi connectivity index (χ1v) is 10.5. The van der Waals surface area contributed by atoms with Gasteiger partial charge in [0.15, 0.2) is 12.2 Å². The summed E-state index contributed by atoms with van der Waals surface area (Å²) in [5.74, 6) is -0.577. The van der Waals surface area contributed by atoms with E-state index in [-0.39, 0.29) is 38.4 Å². The monoisotopic (exact) mass is 430 g/mol. The Labute approximate surface area is 175 Å². The van der Waals surface area contributed by atoms with Gasteiger partial charge in [0.1, 0.15) is 26.4 Å². The van der Waals surface area contributed by atoms with Crippen LogP contribution in [-0.4, -0.2) is 62.9 Å². The molecular weight excluding hydrogens is 400 g/mol. The molecule has 0 aliphatic carbocycles. The molecule has 2 fully saturated rings. The van der Waals surface area contributed by atoms with E-state index < -0.39 is 24.5 Å². The number of hydrogen-bond acceptors (Lipinski definition) is 10. The van der Waals surface area contributed by atoms with Crippen molar-refractivity contribution in [3.63, 3.8) is 0 Å². The Balaban J connectivity index is 1.30. The lowest BCUT2D eigenvalue weighted by Gasteiger charge is -2.08. The molecule has 0 saturated carbocycles. The highest BCUT2D eigenvalue weighted by atomic mass is 16.8. The maximum atomic E-state index is 11.6. The average molecular weight is 430 g/mol. The molecule has 170 valence electrons. The fourth-order valence-electron chi connectivity index (χ4n) is 3.01. The van der Waals surface area contributed by atoms with Crippen molar-refractivity contribution < 1.29 is 47.6 Å². The quantitative estimate of drug-likeness (QED) is 0.217. The molecule has 30 heavy (non-hydrogen) atoms. The highest BCUT2D eigenvalue weighted by Gasteiger charge is 2.26. The number of carbonyl (C=O) groups is 4. The van der Waals surface area contributed by atoms with Crippen molar-refractivity contribution in [3.8, 4) is 0 Å². The normalized spacial score (nSPS) is 20.1. The van der Waals surface area contributed by atoms with Crippen molar-refractivity contribution in [1.82, 2.24) is 0 Å². The van der Waals surface area contributed by atoms with E-state index in [0.717, 1.165) is 51.4 Å². The summed E-state index contributed by atoms with van der Waals surface area (Å²) in [4.78, 5) is 44.7. The lowest BCUT2D eigenvalue weighted by atomic mass is 10.1. The molecule has 0 aromatic carbocycles. The van der Waals surface area contributed by atoms with Crippen LogP contribution in [0.2, 0.25) is 0 Å². The van der Waals surface area contributed by atoms with E-state index >= 15 is 0 Å². The Kier molecular flexibility index (Phi) is 10.8. The summed E-state index contributed by atoms with van der Waals surface area (Å²) in [6.07, 6.45) is 6.00. The zero-order valence-corrected chi connectivity index (χ0v) is 17.1. The van der Waals surface area contributed by atoms with Crippen LogP contribution in [0.1, 0.15) is 64.2 Å². The van der Waals surface area contributed by atoms with Gasteiger partial charge >= 0.3 is 24.2 Å². The minimum atomic E-state index is -0.723. The maximum Gasteiger partial charge on any atom is 0.508 e. The predicted octanol–water partition coefficient (Wildman–Crippen LogP) is 3.04. The van der Waals surface area contributed by atoms with Gasteiger partial charge in [-0.05, 0) is 12.8 Å². The summed E-state index contributed by atoms with van der Waals surface area (Å²) in [5, 5.41) is 0. The topological polar surface area (TPSA) is 124 Å². The van der Waals surface area contributed by atoms with Gasteiger partial charge in [-0.15, -0.1) is 0 Å². The van der Waals surface area contributed by atoms with Crippen LogP contribution < -0.4 is 0 Å². The van der Waals surface area contributed by atoms with Crippen molar-refractivity contribution in [2.45, 2.75) is 76.4 Å². The highest BCUT2D eigenvalue weighted by Crippen LogP contribution is 2.13. The van der Waals surface area contributed by atoms with E-state index in [2.05, 4.69) is 9.47 Å². The van der Waals surface area contributed by atoms with Gasteiger partial charge in [0.2, 0.25) is 0 Å². The second-order valence-electron chi connectivity index (χ2n) is 7.30. The predicted molar refractivity (Wildman–Crippen MR) is 101 cm³/mol. The minimum absolute atomic E-state index is 0.0422. The Morgan fingerprint density at radius 3 is 1.37 bits per heavy atom. The highest BCUT2D eigenvalue weighted by molar-refractivity contribution is 5.69. The molecule has 2 aliphatic heterocycles. The summed E-state index contributed by atoms with van der Waals surface area (Å²) >= 11 is 0. The third kappa shape index (κ3) is 10.3. The number of cyclic esters (lactones) is 4. The molecule has 10 nitrogen and oxygen atoms in total. The van der Waals surface area contributed by atoms with Crippen molar-refractivity contribution in [2.75, 3.05) is 26.4 Å². The molecule has 0 N–H and O–H groups in total. The lowest BCUT2D eigenvalue weighted by molar-refractivity contribution is -0.147. The zero-order valence-electron chi connectivity index (χ0n) is 17.1. The maximum absolute atomic E-state index is 11.6. The molecule has 2 heterocycles. The molecule has 0 spiro atoms. The molecule has 2 aliphatic rings. The second-order valence-corrected chi connectivity index (χ2v) is 7.30. The number of ether oxygens (including phenoxy) is 6. The first-order valence-electron chi connectivity index (χ1n) is 10.5. The molecule has 0 aromatic rings. The van der Waals surface area contributed by atoms with Crippen LogP contribution in [0.15, 0.2) is 0 Å². The largest absolute Gasteiger partial charge is 0.508 e. The molecule has 0 amide bonds. The van der Waals surface area contributed by atoms with Gasteiger partial charge in [-0.25, -0.2) is 9.59 Å². The molecule has 10 heteroatoms. The molecular formula is C20H30O10. The SMILES string of the molecule is O=C(CCCCCCCCCCC(=O)OCC1COC(=O)O1)OCC1COC(=O)O1. The Bertz CT molecular complexity index is 526. The fraction of sp³-hybridized carbons (Fsp3) is 0.800. The average Bonchev–Trinajstić information content (AvgIpc) is 3.33. The van der Waals surface area contributed by atoms with Crippen LogP contribution in [0.4, 0.5) is 9.59 Å². The number of rotatable bonds is 15. The van der Waals surface area contributed by atoms with Crippen LogP contribution in [-0.2, 0) is 38.0 Å². The number of hydrogen-bond donors (Lipinski definition) is 0. The number of unbranched alkanes of at least 4 members (excludes halogenated alkanes) is 7. The summed E-state index contributed by atoms with van der Waals surface area (Å²) in [7, 11) is 0. The number of carbonyl (C=O) groups excluding carboxylic acids is 4. The van der Waals surface area contributed by atoms with Crippen molar-refractivity contribution in [2.24, 2.45) is 0 Å². The van der Waals surface area contributed by atoms with Gasteiger partial charge in [0.25, 0.3) is 0 Å². The standard InChI is InChI=1S/C20H30O10/c21-17(25-11-15-13-27-19(23)29-15)9-7-5-3-1-2-4-6-8-10-18(22)26-12-16-14-28-20(24)30-16/h15-16H,1-14H2. The van der Waals surface area contributed by atoms with E-state index in [1.54, 1.807) is 0 Å². The molecule has 2 rings (SSSR count). The van der Waals surface area contributed by atoms with Crippen molar-refractivity contribution in [1.29, 1.82) is 0 Å². The summed E-state index contributed by atoms with van der Waals surface area (Å²) in [6, 6.07) is 0. The van der Waals surface area contributed by atoms with E-state index in [4.69, 9.17) is 18.9 Å². The summed E-state index contributed by atoms with van der Waals surface area (Å²) in [6.45, 7) is 0.335. The smallest absolute Gasteiger partial charge is 0.462 e. The van der Waals surface area contributed by atoms with E-state index in [1.807, 2.05) is 0 Å². The Hall–Kier alpha value is -2.52. The molecule has 0 bridgehead atoms. The van der Waals surface area contributed by atoms with Crippen LogP contribution >= 0.6 is 0 Å². The van der Waals surface area contributed by atoms with E-state index in [9.17, 15) is 19.2 Å². The summed E-state index contributed by atoms with van der Waals surface area (Å²) in [5.41, 5.74) is 0. The molecule has 2 saturated heterocycles. The van der Waals surface area contributed by atoms with Gasteiger partial charge in [-0.2, -0.15) is 0 Å². The summed E-state index contributed by atoms with van der Waals surface area (Å²) < 4.78 is 28.9. The van der Waals surface area contributed by atoms with Crippen LogP contribution in [0, 0.1) is 0 Å². The lowest BCUT2D eigenvalue weighted by Crippen LogP contribution is -2.20. The number of esters is 2. The molecule has 0 radical (unpaired) electrons. The first-order chi connectivity index (χ1) is 14.5. The minimum Gasteiger partial charge on any atom is -0.462 e.